The number of ether oxygens (including phenoxy) is 1. The van der Waals surface area contributed by atoms with Crippen molar-refractivity contribution in [3.63, 3.8) is 0 Å². The molecule has 1 aliphatic rings. The van der Waals surface area contributed by atoms with E-state index in [1.54, 1.807) is 12.3 Å². The van der Waals surface area contributed by atoms with Crippen LogP contribution in [0.4, 0.5) is 0 Å². The van der Waals surface area contributed by atoms with Gasteiger partial charge in [-0.2, -0.15) is 0 Å². The van der Waals surface area contributed by atoms with Gasteiger partial charge in [-0.05, 0) is 32.0 Å². The van der Waals surface area contributed by atoms with Gasteiger partial charge in [-0.3, -0.25) is 4.90 Å². The molecule has 0 atom stereocenters. The van der Waals surface area contributed by atoms with Gasteiger partial charge >= 0.3 is 0 Å². The molecule has 0 amide bonds. The van der Waals surface area contributed by atoms with Crippen LogP contribution in [0, 0.1) is 0 Å². The van der Waals surface area contributed by atoms with E-state index in [1.807, 2.05) is 6.07 Å². The normalized spacial score (nSPS) is 16.0. The lowest BCUT2D eigenvalue weighted by Crippen LogP contribution is -2.25. The molecular formula is C12H17N3OS. The van der Waals surface area contributed by atoms with E-state index >= 15 is 0 Å². The van der Waals surface area contributed by atoms with Gasteiger partial charge in [-0.15, -0.1) is 0 Å². The zero-order chi connectivity index (χ0) is 12.1. The molecule has 1 saturated heterocycles. The molecule has 92 valence electrons. The van der Waals surface area contributed by atoms with Crippen molar-refractivity contribution < 1.29 is 4.74 Å². The topological polar surface area (TPSA) is 51.4 Å². The molecule has 4 nitrogen and oxygen atoms in total. The Kier molecular flexibility index (Phi) is 4.28. The molecular weight excluding hydrogens is 234 g/mol. The second-order valence-corrected chi connectivity index (χ2v) is 4.59. The van der Waals surface area contributed by atoms with E-state index in [4.69, 9.17) is 22.7 Å². The van der Waals surface area contributed by atoms with Gasteiger partial charge in [0.15, 0.2) is 0 Å². The molecule has 2 heterocycles. The van der Waals surface area contributed by atoms with E-state index in [9.17, 15) is 0 Å². The molecule has 0 bridgehead atoms. The van der Waals surface area contributed by atoms with Crippen LogP contribution in [-0.2, 0) is 0 Å². The molecule has 1 aromatic heterocycles. The summed E-state index contributed by atoms with van der Waals surface area (Å²) in [5, 5.41) is 0. The van der Waals surface area contributed by atoms with E-state index < -0.39 is 0 Å². The lowest BCUT2D eigenvalue weighted by Gasteiger charge is -2.14. The van der Waals surface area contributed by atoms with Crippen LogP contribution in [0.5, 0.6) is 5.88 Å². The van der Waals surface area contributed by atoms with Gasteiger partial charge in [-0.25, -0.2) is 4.98 Å². The summed E-state index contributed by atoms with van der Waals surface area (Å²) in [5.41, 5.74) is 6.26. The molecule has 0 saturated carbocycles. The van der Waals surface area contributed by atoms with Crippen molar-refractivity contribution in [2.45, 2.75) is 12.8 Å². The van der Waals surface area contributed by atoms with Crippen molar-refractivity contribution in [2.24, 2.45) is 5.73 Å². The van der Waals surface area contributed by atoms with Crippen LogP contribution in [-0.4, -0.2) is 41.1 Å². The lowest BCUT2D eigenvalue weighted by atomic mass is 10.3. The number of pyridine rings is 1. The standard InChI is InChI=1S/C12H17N3OS/c13-12(17)10-3-4-11(14-9-10)16-8-7-15-5-1-2-6-15/h3-4,9H,1-2,5-8H2,(H2,13,17). The predicted molar refractivity (Wildman–Crippen MR) is 71.3 cm³/mol. The zero-order valence-corrected chi connectivity index (χ0v) is 10.6. The second kappa shape index (κ2) is 5.93. The molecule has 0 unspecified atom stereocenters. The summed E-state index contributed by atoms with van der Waals surface area (Å²) in [6.45, 7) is 4.03. The van der Waals surface area contributed by atoms with Crippen molar-refractivity contribution in [1.29, 1.82) is 0 Å². The quantitative estimate of drug-likeness (QED) is 0.797. The molecule has 0 aromatic carbocycles. The molecule has 0 spiro atoms. The highest BCUT2D eigenvalue weighted by atomic mass is 32.1. The Morgan fingerprint density at radius 1 is 1.41 bits per heavy atom. The maximum Gasteiger partial charge on any atom is 0.213 e. The van der Waals surface area contributed by atoms with E-state index in [1.165, 1.54) is 25.9 Å². The average Bonchev–Trinajstić information content (AvgIpc) is 2.83. The van der Waals surface area contributed by atoms with E-state index in [0.29, 0.717) is 17.5 Å². The molecule has 0 aliphatic carbocycles. The first-order chi connectivity index (χ1) is 8.25. The molecule has 2 rings (SSSR count). The average molecular weight is 251 g/mol. The first kappa shape index (κ1) is 12.3. The van der Waals surface area contributed by atoms with Gasteiger partial charge in [0.2, 0.25) is 5.88 Å². The number of hydrogen-bond donors (Lipinski definition) is 1. The maximum absolute atomic E-state index is 5.57. The molecule has 1 fully saturated rings. The third-order valence-corrected chi connectivity index (χ3v) is 3.11. The van der Waals surface area contributed by atoms with Crippen molar-refractivity contribution >= 4 is 17.2 Å². The van der Waals surface area contributed by atoms with E-state index in [2.05, 4.69) is 9.88 Å². The van der Waals surface area contributed by atoms with Gasteiger partial charge in [0.1, 0.15) is 11.6 Å². The molecule has 1 aromatic rings. The van der Waals surface area contributed by atoms with Gasteiger partial charge in [0.05, 0.1) is 0 Å². The summed E-state index contributed by atoms with van der Waals surface area (Å²) in [4.78, 5) is 6.92. The van der Waals surface area contributed by atoms with Crippen LogP contribution in [0.2, 0.25) is 0 Å². The Morgan fingerprint density at radius 3 is 2.76 bits per heavy atom. The third-order valence-electron chi connectivity index (χ3n) is 2.88. The number of thiocarbonyl (C=S) groups is 1. The summed E-state index contributed by atoms with van der Waals surface area (Å²) in [5.74, 6) is 0.629. The number of nitrogens with two attached hydrogens (primary N) is 1. The van der Waals surface area contributed by atoms with Crippen LogP contribution in [0.25, 0.3) is 0 Å². The molecule has 2 N–H and O–H groups in total. The summed E-state index contributed by atoms with van der Waals surface area (Å²) in [7, 11) is 0. The predicted octanol–water partition coefficient (Wildman–Crippen LogP) is 1.19. The van der Waals surface area contributed by atoms with Gasteiger partial charge < -0.3 is 10.5 Å². The minimum Gasteiger partial charge on any atom is -0.476 e. The number of aromatic nitrogens is 1. The van der Waals surface area contributed by atoms with Crippen molar-refractivity contribution in [3.8, 4) is 5.88 Å². The second-order valence-electron chi connectivity index (χ2n) is 4.15. The van der Waals surface area contributed by atoms with Crippen molar-refractivity contribution in [2.75, 3.05) is 26.2 Å². The highest BCUT2D eigenvalue weighted by Crippen LogP contribution is 2.09. The zero-order valence-electron chi connectivity index (χ0n) is 9.76. The van der Waals surface area contributed by atoms with E-state index in [-0.39, 0.29) is 0 Å². The minimum atomic E-state index is 0.362. The molecule has 5 heteroatoms. The lowest BCUT2D eigenvalue weighted by molar-refractivity contribution is 0.232. The molecule has 0 radical (unpaired) electrons. The Morgan fingerprint density at radius 2 is 2.18 bits per heavy atom. The molecule has 1 aliphatic heterocycles. The Hall–Kier alpha value is -1.20. The third kappa shape index (κ3) is 3.64. The fourth-order valence-corrected chi connectivity index (χ4v) is 2.02. The summed E-state index contributed by atoms with van der Waals surface area (Å²) >= 11 is 4.86. The highest BCUT2D eigenvalue weighted by molar-refractivity contribution is 7.80. The smallest absolute Gasteiger partial charge is 0.213 e. The van der Waals surface area contributed by atoms with Gasteiger partial charge in [0, 0.05) is 24.4 Å². The molecule has 17 heavy (non-hydrogen) atoms. The van der Waals surface area contributed by atoms with E-state index in [0.717, 1.165) is 12.1 Å². The SMILES string of the molecule is NC(=S)c1ccc(OCCN2CCCC2)nc1. The Balaban J connectivity index is 1.76. The van der Waals surface area contributed by atoms with Crippen LogP contribution < -0.4 is 10.5 Å². The fourth-order valence-electron chi connectivity index (χ4n) is 1.90. The minimum absolute atomic E-state index is 0.362. The largest absolute Gasteiger partial charge is 0.476 e. The van der Waals surface area contributed by atoms with Crippen molar-refractivity contribution in [3.05, 3.63) is 23.9 Å². The number of likely N-dealkylation sites (tertiary alicyclic amines) is 1. The van der Waals surface area contributed by atoms with Crippen LogP contribution in [0.15, 0.2) is 18.3 Å². The van der Waals surface area contributed by atoms with Crippen LogP contribution in [0.1, 0.15) is 18.4 Å². The maximum atomic E-state index is 5.57. The summed E-state index contributed by atoms with van der Waals surface area (Å²) < 4.78 is 5.57. The monoisotopic (exact) mass is 251 g/mol. The van der Waals surface area contributed by atoms with Crippen LogP contribution >= 0.6 is 12.2 Å². The van der Waals surface area contributed by atoms with Gasteiger partial charge in [0.25, 0.3) is 0 Å². The fraction of sp³-hybridized carbons (Fsp3) is 0.500. The first-order valence-electron chi connectivity index (χ1n) is 5.87. The summed E-state index contributed by atoms with van der Waals surface area (Å²) in [6, 6.07) is 3.64. The number of rotatable bonds is 5. The van der Waals surface area contributed by atoms with Crippen LogP contribution in [0.3, 0.4) is 0 Å². The first-order valence-corrected chi connectivity index (χ1v) is 6.27. The summed E-state index contributed by atoms with van der Waals surface area (Å²) in [6.07, 6.45) is 4.26. The Labute approximate surface area is 107 Å². The number of hydrogen-bond acceptors (Lipinski definition) is 4. The number of nitrogens with zero attached hydrogens (tertiary/aromatic N) is 2. The van der Waals surface area contributed by atoms with Gasteiger partial charge in [-0.1, -0.05) is 12.2 Å². The highest BCUT2D eigenvalue weighted by Gasteiger charge is 2.10. The Bertz CT molecular complexity index is 374. The van der Waals surface area contributed by atoms with Crippen molar-refractivity contribution in [1.82, 2.24) is 9.88 Å².